The van der Waals surface area contributed by atoms with Gasteiger partial charge in [0.2, 0.25) is 10.0 Å². The average Bonchev–Trinajstić information content (AvgIpc) is 2.62. The van der Waals surface area contributed by atoms with Crippen LogP contribution in [0.5, 0.6) is 0 Å². The highest BCUT2D eigenvalue weighted by atomic mass is 32.2. The molecule has 140 valence electrons. The van der Waals surface area contributed by atoms with Gasteiger partial charge in [0.05, 0.1) is 4.90 Å². The molecule has 1 unspecified atom stereocenters. The van der Waals surface area contributed by atoms with Crippen molar-refractivity contribution in [3.8, 4) is 0 Å². The predicted molar refractivity (Wildman–Crippen MR) is 100 cm³/mol. The summed E-state index contributed by atoms with van der Waals surface area (Å²) in [6.45, 7) is 9.20. The first-order chi connectivity index (χ1) is 11.9. The van der Waals surface area contributed by atoms with Crippen LogP contribution in [0.15, 0.2) is 23.1 Å². The summed E-state index contributed by atoms with van der Waals surface area (Å²) >= 11 is 0. The molecule has 1 saturated heterocycles. The standard InChI is InChI=1S/C19H30N2O3S/c1-5-16-10-8-9-13-21(16)19(22)18-14-17(12-11-15(18)4)25(23,24)20(6-2)7-3/h11-12,14,16H,5-10,13H2,1-4H3. The van der Waals surface area contributed by atoms with E-state index < -0.39 is 10.0 Å². The maximum Gasteiger partial charge on any atom is 0.254 e. The minimum absolute atomic E-state index is 0.0411. The molecule has 25 heavy (non-hydrogen) atoms. The van der Waals surface area contributed by atoms with Gasteiger partial charge in [-0.05, 0) is 50.3 Å². The van der Waals surface area contributed by atoms with Gasteiger partial charge in [0.1, 0.15) is 0 Å². The maximum atomic E-state index is 13.1. The van der Waals surface area contributed by atoms with E-state index in [4.69, 9.17) is 0 Å². The quantitative estimate of drug-likeness (QED) is 0.775. The van der Waals surface area contributed by atoms with Crippen molar-refractivity contribution in [1.82, 2.24) is 9.21 Å². The lowest BCUT2D eigenvalue weighted by atomic mass is 9.98. The van der Waals surface area contributed by atoms with Crippen molar-refractivity contribution in [2.45, 2.75) is 64.3 Å². The van der Waals surface area contributed by atoms with Gasteiger partial charge in [-0.2, -0.15) is 4.31 Å². The number of likely N-dealkylation sites (tertiary alicyclic amines) is 1. The molecule has 6 heteroatoms. The summed E-state index contributed by atoms with van der Waals surface area (Å²) in [4.78, 5) is 15.2. The van der Waals surface area contributed by atoms with Crippen LogP contribution >= 0.6 is 0 Å². The zero-order chi connectivity index (χ0) is 18.6. The van der Waals surface area contributed by atoms with Crippen LogP contribution in [0.3, 0.4) is 0 Å². The van der Waals surface area contributed by atoms with E-state index in [9.17, 15) is 13.2 Å². The van der Waals surface area contributed by atoms with E-state index in [0.717, 1.165) is 37.8 Å². The first-order valence-corrected chi connectivity index (χ1v) is 10.7. The Morgan fingerprint density at radius 1 is 1.20 bits per heavy atom. The number of sulfonamides is 1. The molecule has 0 N–H and O–H groups in total. The number of carbonyl (C=O) groups is 1. The highest BCUT2D eigenvalue weighted by Gasteiger charge is 2.29. The molecule has 0 saturated carbocycles. The summed E-state index contributed by atoms with van der Waals surface area (Å²) < 4.78 is 27.0. The minimum Gasteiger partial charge on any atom is -0.336 e. The van der Waals surface area contributed by atoms with Crippen LogP contribution < -0.4 is 0 Å². The van der Waals surface area contributed by atoms with E-state index in [-0.39, 0.29) is 16.8 Å². The van der Waals surface area contributed by atoms with E-state index in [2.05, 4.69) is 6.92 Å². The molecule has 0 aliphatic carbocycles. The fraction of sp³-hybridized carbons (Fsp3) is 0.632. The fourth-order valence-electron chi connectivity index (χ4n) is 3.55. The number of piperidine rings is 1. The maximum absolute atomic E-state index is 13.1. The Labute approximate surface area is 152 Å². The van der Waals surface area contributed by atoms with Crippen molar-refractivity contribution in [1.29, 1.82) is 0 Å². The molecule has 1 aromatic rings. The third kappa shape index (κ3) is 4.06. The van der Waals surface area contributed by atoms with Gasteiger partial charge < -0.3 is 4.90 Å². The lowest BCUT2D eigenvalue weighted by Gasteiger charge is -2.35. The van der Waals surface area contributed by atoms with Gasteiger partial charge in [-0.3, -0.25) is 4.79 Å². The largest absolute Gasteiger partial charge is 0.336 e. The van der Waals surface area contributed by atoms with Crippen LogP contribution in [0, 0.1) is 6.92 Å². The lowest BCUT2D eigenvalue weighted by Crippen LogP contribution is -2.43. The molecule has 1 heterocycles. The molecule has 1 aliphatic rings. The molecular weight excluding hydrogens is 336 g/mol. The predicted octanol–water partition coefficient (Wildman–Crippen LogP) is 3.43. The number of aryl methyl sites for hydroxylation is 1. The summed E-state index contributed by atoms with van der Waals surface area (Å²) in [7, 11) is -3.56. The molecular formula is C19H30N2O3S. The second kappa shape index (κ2) is 8.32. The Morgan fingerprint density at radius 3 is 2.48 bits per heavy atom. The van der Waals surface area contributed by atoms with Gasteiger partial charge in [0.15, 0.2) is 0 Å². The number of hydrogen-bond donors (Lipinski definition) is 0. The van der Waals surface area contributed by atoms with Crippen LogP contribution in [-0.4, -0.2) is 49.2 Å². The SMILES string of the molecule is CCC1CCCCN1C(=O)c1cc(S(=O)(=O)N(CC)CC)ccc1C. The summed E-state index contributed by atoms with van der Waals surface area (Å²) in [5.74, 6) is -0.0411. The zero-order valence-electron chi connectivity index (χ0n) is 15.8. The first-order valence-electron chi connectivity index (χ1n) is 9.28. The van der Waals surface area contributed by atoms with Gasteiger partial charge in [0.25, 0.3) is 5.91 Å². The molecule has 1 amide bonds. The first kappa shape index (κ1) is 19.9. The monoisotopic (exact) mass is 366 g/mol. The number of amides is 1. The van der Waals surface area contributed by atoms with Crippen LogP contribution in [0.25, 0.3) is 0 Å². The van der Waals surface area contributed by atoms with Crippen LogP contribution in [0.1, 0.15) is 62.4 Å². The smallest absolute Gasteiger partial charge is 0.254 e. The summed E-state index contributed by atoms with van der Waals surface area (Å²) in [6, 6.07) is 5.16. The Morgan fingerprint density at radius 2 is 1.88 bits per heavy atom. The molecule has 1 fully saturated rings. The lowest BCUT2D eigenvalue weighted by molar-refractivity contribution is 0.0607. The van der Waals surface area contributed by atoms with E-state index in [1.807, 2.05) is 25.7 Å². The Hall–Kier alpha value is -1.40. The summed E-state index contributed by atoms with van der Waals surface area (Å²) in [5.41, 5.74) is 1.33. The third-order valence-electron chi connectivity index (χ3n) is 5.14. The highest BCUT2D eigenvalue weighted by Crippen LogP contribution is 2.25. The number of carbonyl (C=O) groups excluding carboxylic acids is 1. The van der Waals surface area contributed by atoms with Gasteiger partial charge in [0, 0.05) is 31.2 Å². The van der Waals surface area contributed by atoms with E-state index >= 15 is 0 Å². The highest BCUT2D eigenvalue weighted by molar-refractivity contribution is 7.89. The summed E-state index contributed by atoms with van der Waals surface area (Å²) in [5, 5.41) is 0. The van der Waals surface area contributed by atoms with E-state index in [0.29, 0.717) is 18.7 Å². The molecule has 2 rings (SSSR count). The van der Waals surface area contributed by atoms with E-state index in [1.54, 1.807) is 18.2 Å². The van der Waals surface area contributed by atoms with Crippen molar-refractivity contribution in [3.05, 3.63) is 29.3 Å². The molecule has 0 aromatic heterocycles. The van der Waals surface area contributed by atoms with Gasteiger partial charge in [-0.1, -0.05) is 26.8 Å². The molecule has 5 nitrogen and oxygen atoms in total. The zero-order valence-corrected chi connectivity index (χ0v) is 16.6. The molecule has 0 spiro atoms. The minimum atomic E-state index is -3.56. The van der Waals surface area contributed by atoms with Gasteiger partial charge in [-0.15, -0.1) is 0 Å². The van der Waals surface area contributed by atoms with Crippen molar-refractivity contribution in [3.63, 3.8) is 0 Å². The second-order valence-corrected chi connectivity index (χ2v) is 8.56. The Bertz CT molecular complexity index is 711. The van der Waals surface area contributed by atoms with Crippen LogP contribution in [0.2, 0.25) is 0 Å². The van der Waals surface area contributed by atoms with Gasteiger partial charge >= 0.3 is 0 Å². The van der Waals surface area contributed by atoms with Crippen molar-refractivity contribution >= 4 is 15.9 Å². The van der Waals surface area contributed by atoms with Crippen molar-refractivity contribution in [2.24, 2.45) is 0 Å². The molecule has 0 bridgehead atoms. The van der Waals surface area contributed by atoms with Crippen molar-refractivity contribution < 1.29 is 13.2 Å². The van der Waals surface area contributed by atoms with Crippen LogP contribution in [0.4, 0.5) is 0 Å². The van der Waals surface area contributed by atoms with Gasteiger partial charge in [-0.25, -0.2) is 8.42 Å². The number of benzene rings is 1. The molecule has 0 radical (unpaired) electrons. The fourth-order valence-corrected chi connectivity index (χ4v) is 5.04. The Balaban J connectivity index is 2.40. The number of rotatable bonds is 6. The topological polar surface area (TPSA) is 57.7 Å². The average molecular weight is 367 g/mol. The molecule has 1 atom stereocenters. The number of nitrogens with zero attached hydrogens (tertiary/aromatic N) is 2. The normalized spacial score (nSPS) is 18.6. The van der Waals surface area contributed by atoms with Crippen LogP contribution in [-0.2, 0) is 10.0 Å². The molecule has 1 aromatic carbocycles. The third-order valence-corrected chi connectivity index (χ3v) is 7.19. The second-order valence-electron chi connectivity index (χ2n) is 6.62. The summed E-state index contributed by atoms with van der Waals surface area (Å²) in [6.07, 6.45) is 4.12. The Kier molecular flexibility index (Phi) is 6.63. The number of hydrogen-bond acceptors (Lipinski definition) is 3. The molecule has 1 aliphatic heterocycles. The van der Waals surface area contributed by atoms with E-state index in [1.165, 1.54) is 4.31 Å². The van der Waals surface area contributed by atoms with Crippen molar-refractivity contribution in [2.75, 3.05) is 19.6 Å².